The summed E-state index contributed by atoms with van der Waals surface area (Å²) < 4.78 is 9.65. The molecule has 6 nitrogen and oxygen atoms in total. The van der Waals surface area contributed by atoms with Gasteiger partial charge in [-0.05, 0) is 37.5 Å². The second-order valence-corrected chi connectivity index (χ2v) is 6.06. The minimum absolute atomic E-state index is 0.0530. The molecule has 124 valence electrons. The Morgan fingerprint density at radius 3 is 3.08 bits per heavy atom. The smallest absolute Gasteiger partial charge is 0.150 e. The lowest BCUT2D eigenvalue weighted by molar-refractivity contribution is -0.0365. The Morgan fingerprint density at radius 2 is 2.29 bits per heavy atom. The average Bonchev–Trinajstić information content (AvgIpc) is 3.20. The number of hydrogen-bond acceptors (Lipinski definition) is 4. The molecule has 4 rings (SSSR count). The van der Waals surface area contributed by atoms with Crippen LogP contribution in [0.25, 0.3) is 22.2 Å². The zero-order chi connectivity index (χ0) is 16.5. The van der Waals surface area contributed by atoms with Gasteiger partial charge in [0.2, 0.25) is 0 Å². The van der Waals surface area contributed by atoms with Gasteiger partial charge in [-0.1, -0.05) is 6.08 Å². The molecule has 1 aliphatic heterocycles. The van der Waals surface area contributed by atoms with E-state index < -0.39 is 0 Å². The molecule has 0 aliphatic carbocycles. The predicted molar refractivity (Wildman–Crippen MR) is 91.7 cm³/mol. The van der Waals surface area contributed by atoms with Gasteiger partial charge in [0.05, 0.1) is 18.3 Å². The van der Waals surface area contributed by atoms with Gasteiger partial charge in [-0.15, -0.1) is 6.58 Å². The molecule has 6 heteroatoms. The van der Waals surface area contributed by atoms with E-state index >= 15 is 0 Å². The third-order valence-corrected chi connectivity index (χ3v) is 4.34. The summed E-state index contributed by atoms with van der Waals surface area (Å²) in [5.74, 6) is 0.228. The van der Waals surface area contributed by atoms with Crippen molar-refractivity contribution in [3.05, 3.63) is 43.2 Å². The van der Waals surface area contributed by atoms with Gasteiger partial charge in [-0.2, -0.15) is 10.2 Å². The predicted octanol–water partition coefficient (Wildman–Crippen LogP) is 3.49. The van der Waals surface area contributed by atoms with E-state index in [2.05, 4.69) is 11.7 Å². The summed E-state index contributed by atoms with van der Waals surface area (Å²) in [4.78, 5) is 0. The number of aromatic nitrogens is 4. The summed E-state index contributed by atoms with van der Waals surface area (Å²) in [6.45, 7) is 5.14. The van der Waals surface area contributed by atoms with Crippen LogP contribution in [0.15, 0.2) is 43.2 Å². The normalized spacial score (nSPS) is 18.1. The lowest BCUT2D eigenvalue weighted by atomic mass is 10.1. The molecule has 0 amide bonds. The molecule has 2 aromatic heterocycles. The van der Waals surface area contributed by atoms with Crippen LogP contribution in [-0.2, 0) is 11.3 Å². The number of hydrogen-bond donors (Lipinski definition) is 1. The van der Waals surface area contributed by atoms with E-state index in [9.17, 15) is 5.11 Å². The summed E-state index contributed by atoms with van der Waals surface area (Å²) in [7, 11) is 0. The molecule has 3 heterocycles. The SMILES string of the molecule is C=CCn1cc(-c2nn(C3CCCCO3)c3ccc(O)cc23)cn1. The van der Waals surface area contributed by atoms with Crippen molar-refractivity contribution >= 4 is 10.9 Å². The molecule has 1 fully saturated rings. The molecule has 1 aromatic carbocycles. The first-order valence-electron chi connectivity index (χ1n) is 8.23. The highest BCUT2D eigenvalue weighted by Gasteiger charge is 2.22. The van der Waals surface area contributed by atoms with E-state index in [0.29, 0.717) is 6.54 Å². The van der Waals surface area contributed by atoms with Crippen LogP contribution in [0.1, 0.15) is 25.5 Å². The van der Waals surface area contributed by atoms with Crippen molar-refractivity contribution < 1.29 is 9.84 Å². The molecule has 1 saturated heterocycles. The number of nitrogens with zero attached hydrogens (tertiary/aromatic N) is 4. The van der Waals surface area contributed by atoms with Gasteiger partial charge in [0.25, 0.3) is 0 Å². The maximum absolute atomic E-state index is 9.91. The van der Waals surface area contributed by atoms with Crippen LogP contribution in [0.2, 0.25) is 0 Å². The largest absolute Gasteiger partial charge is 0.508 e. The minimum Gasteiger partial charge on any atom is -0.508 e. The van der Waals surface area contributed by atoms with Crippen molar-refractivity contribution in [1.29, 1.82) is 0 Å². The number of rotatable bonds is 4. The topological polar surface area (TPSA) is 65.1 Å². The Morgan fingerprint density at radius 1 is 1.38 bits per heavy atom. The van der Waals surface area contributed by atoms with Gasteiger partial charge >= 0.3 is 0 Å². The van der Waals surface area contributed by atoms with Gasteiger partial charge < -0.3 is 9.84 Å². The molecule has 1 unspecified atom stereocenters. The molecule has 0 radical (unpaired) electrons. The van der Waals surface area contributed by atoms with Crippen molar-refractivity contribution in [2.24, 2.45) is 0 Å². The van der Waals surface area contributed by atoms with Gasteiger partial charge in [-0.3, -0.25) is 4.68 Å². The van der Waals surface area contributed by atoms with Crippen molar-refractivity contribution in [3.8, 4) is 17.0 Å². The number of fused-ring (bicyclic) bond motifs is 1. The Bertz CT molecular complexity index is 874. The third kappa shape index (κ3) is 2.59. The van der Waals surface area contributed by atoms with E-state index in [1.54, 1.807) is 24.4 Å². The van der Waals surface area contributed by atoms with E-state index in [-0.39, 0.29) is 12.0 Å². The first kappa shape index (κ1) is 15.0. The lowest BCUT2D eigenvalue weighted by Gasteiger charge is -2.23. The maximum atomic E-state index is 9.91. The fourth-order valence-electron chi connectivity index (χ4n) is 3.20. The zero-order valence-electron chi connectivity index (χ0n) is 13.4. The molecular weight excluding hydrogens is 304 g/mol. The highest BCUT2D eigenvalue weighted by Crippen LogP contribution is 2.34. The van der Waals surface area contributed by atoms with Crippen molar-refractivity contribution in [1.82, 2.24) is 19.6 Å². The zero-order valence-corrected chi connectivity index (χ0v) is 13.4. The minimum atomic E-state index is -0.0530. The molecular formula is C18H20N4O2. The summed E-state index contributed by atoms with van der Waals surface area (Å²) in [6, 6.07) is 5.34. The van der Waals surface area contributed by atoms with Crippen LogP contribution >= 0.6 is 0 Å². The van der Waals surface area contributed by atoms with Crippen LogP contribution in [-0.4, -0.2) is 31.3 Å². The lowest BCUT2D eigenvalue weighted by Crippen LogP contribution is -2.19. The van der Waals surface area contributed by atoms with Crippen LogP contribution in [0.5, 0.6) is 5.75 Å². The molecule has 1 atom stereocenters. The summed E-state index contributed by atoms with van der Waals surface area (Å²) in [6.07, 6.45) is 8.67. The summed E-state index contributed by atoms with van der Waals surface area (Å²) in [5.41, 5.74) is 2.69. The van der Waals surface area contributed by atoms with E-state index in [4.69, 9.17) is 9.84 Å². The number of ether oxygens (including phenoxy) is 1. The molecule has 0 saturated carbocycles. The average molecular weight is 324 g/mol. The molecule has 24 heavy (non-hydrogen) atoms. The molecule has 1 aliphatic rings. The number of benzene rings is 1. The monoisotopic (exact) mass is 324 g/mol. The summed E-state index contributed by atoms with van der Waals surface area (Å²) >= 11 is 0. The molecule has 3 aromatic rings. The van der Waals surface area contributed by atoms with Gasteiger partial charge in [0.15, 0.2) is 6.23 Å². The van der Waals surface area contributed by atoms with Crippen LogP contribution in [0.4, 0.5) is 0 Å². The Labute approximate surface area is 140 Å². The van der Waals surface area contributed by atoms with Gasteiger partial charge in [-0.25, -0.2) is 4.68 Å². The Balaban J connectivity index is 1.84. The number of phenols is 1. The van der Waals surface area contributed by atoms with E-state index in [1.807, 2.05) is 21.6 Å². The second kappa shape index (κ2) is 6.13. The number of allylic oxidation sites excluding steroid dienone is 1. The highest BCUT2D eigenvalue weighted by molar-refractivity contribution is 5.94. The molecule has 1 N–H and O–H groups in total. The van der Waals surface area contributed by atoms with Crippen LogP contribution in [0, 0.1) is 0 Å². The second-order valence-electron chi connectivity index (χ2n) is 6.06. The quantitative estimate of drug-likeness (QED) is 0.746. The van der Waals surface area contributed by atoms with E-state index in [0.717, 1.165) is 48.0 Å². The number of phenolic OH excluding ortho intramolecular Hbond substituents is 1. The van der Waals surface area contributed by atoms with Crippen LogP contribution < -0.4 is 0 Å². The van der Waals surface area contributed by atoms with Crippen molar-refractivity contribution in [2.45, 2.75) is 32.0 Å². The Kier molecular flexibility index (Phi) is 3.82. The number of aromatic hydroxyl groups is 1. The van der Waals surface area contributed by atoms with Crippen LogP contribution in [0.3, 0.4) is 0 Å². The fourth-order valence-corrected chi connectivity index (χ4v) is 3.20. The van der Waals surface area contributed by atoms with E-state index in [1.165, 1.54) is 0 Å². The molecule has 0 bridgehead atoms. The fraction of sp³-hybridized carbons (Fsp3) is 0.333. The Hall–Kier alpha value is -2.60. The maximum Gasteiger partial charge on any atom is 0.150 e. The van der Waals surface area contributed by atoms with Crippen molar-refractivity contribution in [3.63, 3.8) is 0 Å². The highest BCUT2D eigenvalue weighted by atomic mass is 16.5. The summed E-state index contributed by atoms with van der Waals surface area (Å²) in [5, 5.41) is 19.9. The first-order chi connectivity index (χ1) is 11.8. The van der Waals surface area contributed by atoms with Crippen molar-refractivity contribution in [2.75, 3.05) is 6.61 Å². The van der Waals surface area contributed by atoms with Gasteiger partial charge in [0, 0.05) is 23.8 Å². The first-order valence-corrected chi connectivity index (χ1v) is 8.23. The standard InChI is InChI=1S/C18H20N4O2/c1-2-8-21-12-13(11-19-21)18-15-10-14(23)6-7-16(15)22(20-18)17-5-3-4-9-24-17/h2,6-7,10-12,17,23H,1,3-5,8-9H2. The molecule has 0 spiro atoms. The third-order valence-electron chi connectivity index (χ3n) is 4.34. The van der Waals surface area contributed by atoms with Gasteiger partial charge in [0.1, 0.15) is 11.4 Å².